The number of nitrogens with one attached hydrogen (secondary N) is 7. The summed E-state index contributed by atoms with van der Waals surface area (Å²) in [6.45, 7) is 10.3. The highest BCUT2D eigenvalue weighted by Gasteiger charge is 2.35. The molecule has 0 fully saturated rings. The molecule has 7 amide bonds. The van der Waals surface area contributed by atoms with Gasteiger partial charge in [0, 0.05) is 31.7 Å². The molecule has 0 aromatic carbocycles. The number of amides is 7. The number of aliphatic carboxylic acids is 1. The molecule has 1 heterocycles. The van der Waals surface area contributed by atoms with Crippen molar-refractivity contribution in [1.82, 2.24) is 41.9 Å². The maximum atomic E-state index is 13.7. The summed E-state index contributed by atoms with van der Waals surface area (Å²) in [5, 5.41) is 33.6. The third-order valence-electron chi connectivity index (χ3n) is 7.54. The zero-order chi connectivity index (χ0) is 38.3. The fourth-order valence-electron chi connectivity index (χ4n) is 4.68. The van der Waals surface area contributed by atoms with Gasteiger partial charge in [0.1, 0.15) is 36.3 Å². The van der Waals surface area contributed by atoms with Gasteiger partial charge in [-0.25, -0.2) is 4.98 Å². The van der Waals surface area contributed by atoms with E-state index in [-0.39, 0.29) is 12.3 Å². The number of hydrogen-bond acceptors (Lipinski definition) is 10. The van der Waals surface area contributed by atoms with Crippen LogP contribution < -0.4 is 37.6 Å². The lowest BCUT2D eigenvalue weighted by atomic mass is 9.99. The predicted octanol–water partition coefficient (Wildman–Crippen LogP) is -2.81. The van der Waals surface area contributed by atoms with Crippen LogP contribution in [0, 0.1) is 17.8 Å². The monoisotopic (exact) mass is 709 g/mol. The van der Waals surface area contributed by atoms with Crippen molar-refractivity contribution >= 4 is 47.3 Å². The predicted molar refractivity (Wildman–Crippen MR) is 177 cm³/mol. The van der Waals surface area contributed by atoms with Gasteiger partial charge in [0.15, 0.2) is 0 Å². The van der Waals surface area contributed by atoms with E-state index in [0.29, 0.717) is 5.69 Å². The molecule has 1 aromatic rings. The van der Waals surface area contributed by atoms with Crippen molar-refractivity contribution in [1.29, 1.82) is 0 Å². The number of H-pyrrole nitrogens is 1. The molecule has 0 radical (unpaired) electrons. The van der Waals surface area contributed by atoms with Crippen LogP contribution in [0.1, 0.15) is 67.0 Å². The highest BCUT2D eigenvalue weighted by atomic mass is 16.4. The number of nitrogens with zero attached hydrogens (tertiary/aromatic N) is 1. The van der Waals surface area contributed by atoms with Gasteiger partial charge in [-0.15, -0.1) is 0 Å². The summed E-state index contributed by atoms with van der Waals surface area (Å²) in [5.41, 5.74) is 5.65. The molecule has 6 atom stereocenters. The molecule has 280 valence electrons. The van der Waals surface area contributed by atoms with Crippen LogP contribution in [-0.2, 0) is 44.8 Å². The number of aromatic amines is 1. The summed E-state index contributed by atoms with van der Waals surface area (Å²) in [4.78, 5) is 108. The number of primary amides is 1. The number of aliphatic hydroxyl groups excluding tert-OH is 1. The number of rotatable bonds is 21. The number of aliphatic hydroxyl groups is 1. The van der Waals surface area contributed by atoms with Gasteiger partial charge in [0.05, 0.1) is 12.9 Å². The van der Waals surface area contributed by atoms with E-state index in [2.05, 4.69) is 41.9 Å². The molecule has 19 heteroatoms. The fraction of sp³-hybridized carbons (Fsp3) is 0.645. The lowest BCUT2D eigenvalue weighted by molar-refractivity contribution is -0.139. The summed E-state index contributed by atoms with van der Waals surface area (Å²) >= 11 is 0. The van der Waals surface area contributed by atoms with Gasteiger partial charge in [0.2, 0.25) is 41.4 Å². The first-order chi connectivity index (χ1) is 23.3. The second-order valence-electron chi connectivity index (χ2n) is 12.9. The third-order valence-corrected chi connectivity index (χ3v) is 7.54. The molecule has 1 rings (SSSR count). The quantitative estimate of drug-likeness (QED) is 0.0621. The number of carboxylic acid groups (broad SMARTS) is 1. The maximum absolute atomic E-state index is 13.7. The van der Waals surface area contributed by atoms with Crippen LogP contribution in [0.3, 0.4) is 0 Å². The Morgan fingerprint density at radius 2 is 1.14 bits per heavy atom. The minimum atomic E-state index is -1.49. The maximum Gasteiger partial charge on any atom is 0.303 e. The molecular formula is C31H51N9O10. The first-order valence-electron chi connectivity index (χ1n) is 16.2. The van der Waals surface area contributed by atoms with E-state index >= 15 is 0 Å². The number of aromatic nitrogens is 2. The largest absolute Gasteiger partial charge is 0.481 e. The topological polar surface area (TPSA) is 304 Å². The van der Waals surface area contributed by atoms with E-state index in [9.17, 15) is 48.6 Å². The number of nitrogens with two attached hydrogens (primary N) is 1. The SMILES string of the molecule is CC(=O)N[C@H](C(=O)N[C@@H](Cc1cnc[nH]1)C(=O)N[C@H](C(=O)N[C@@H](CCC(=O)O)C(=O)N[C@H](C(=O)N[C@@H](CO)C(N)=O)C(C)C)C(C)C)C(C)C. The first kappa shape index (κ1) is 43.0. The van der Waals surface area contributed by atoms with E-state index in [4.69, 9.17) is 5.73 Å². The molecule has 0 aliphatic heterocycles. The highest BCUT2D eigenvalue weighted by molar-refractivity contribution is 5.97. The van der Waals surface area contributed by atoms with Gasteiger partial charge < -0.3 is 52.8 Å². The second kappa shape index (κ2) is 20.4. The zero-order valence-electron chi connectivity index (χ0n) is 29.4. The van der Waals surface area contributed by atoms with Crippen LogP contribution in [0.25, 0.3) is 0 Å². The Balaban J connectivity index is 3.28. The van der Waals surface area contributed by atoms with Crippen molar-refractivity contribution in [3.8, 4) is 0 Å². The van der Waals surface area contributed by atoms with Crippen LogP contribution in [0.5, 0.6) is 0 Å². The minimum absolute atomic E-state index is 0.0654. The summed E-state index contributed by atoms with van der Waals surface area (Å²) in [6.07, 6.45) is 1.82. The number of carboxylic acids is 1. The first-order valence-corrected chi connectivity index (χ1v) is 16.2. The standard InChI is InChI=1S/C31H51N9O10/c1-14(2)23(35-17(7)42)29(48)37-20(10-18-11-33-13-34-18)28(47)40-24(15(3)4)30(49)36-19(8-9-22(43)44)27(46)39-25(16(5)6)31(50)38-21(12-41)26(32)45/h11,13-16,19-21,23-25,41H,8-10,12H2,1-7H3,(H2,32,45)(H,33,34)(H,35,42)(H,36,49)(H,37,48)(H,38,50)(H,39,46)(H,40,47)(H,43,44)/t19-,20-,21-,23-,24-,25-/m0/s1. The molecule has 19 nitrogen and oxygen atoms in total. The Morgan fingerprint density at radius 1 is 0.700 bits per heavy atom. The molecule has 0 unspecified atom stereocenters. The lowest BCUT2D eigenvalue weighted by Gasteiger charge is -2.29. The number of imidazole rings is 1. The molecule has 0 bridgehead atoms. The van der Waals surface area contributed by atoms with Gasteiger partial charge in [-0.3, -0.25) is 38.4 Å². The van der Waals surface area contributed by atoms with Crippen molar-refractivity contribution in [3.63, 3.8) is 0 Å². The molecule has 0 saturated carbocycles. The molecular weight excluding hydrogens is 658 g/mol. The molecule has 1 aromatic heterocycles. The van der Waals surface area contributed by atoms with E-state index in [1.807, 2.05) is 0 Å². The number of hydrogen-bond donors (Lipinski definition) is 10. The van der Waals surface area contributed by atoms with Gasteiger partial charge in [-0.05, 0) is 24.2 Å². The summed E-state index contributed by atoms with van der Waals surface area (Å²) in [5.74, 6) is -8.27. The van der Waals surface area contributed by atoms with E-state index in [1.54, 1.807) is 41.5 Å². The van der Waals surface area contributed by atoms with Crippen molar-refractivity contribution < 1.29 is 48.6 Å². The number of carbonyl (C=O) groups excluding carboxylic acids is 7. The third kappa shape index (κ3) is 14.2. The van der Waals surface area contributed by atoms with Crippen LogP contribution >= 0.6 is 0 Å². The normalized spacial score (nSPS) is 14.8. The lowest BCUT2D eigenvalue weighted by Crippen LogP contribution is -2.61. The Labute approximate surface area is 290 Å². The molecule has 0 aliphatic carbocycles. The molecule has 0 aliphatic rings. The summed E-state index contributed by atoms with van der Waals surface area (Å²) in [6, 6.07) is -7.69. The Bertz CT molecular complexity index is 1350. The number of carbonyl (C=O) groups is 8. The van der Waals surface area contributed by atoms with Crippen molar-refractivity contribution in [3.05, 3.63) is 18.2 Å². The van der Waals surface area contributed by atoms with E-state index in [1.165, 1.54) is 19.4 Å². The van der Waals surface area contributed by atoms with Crippen molar-refractivity contribution in [2.75, 3.05) is 6.61 Å². The highest BCUT2D eigenvalue weighted by Crippen LogP contribution is 2.10. The van der Waals surface area contributed by atoms with Crippen LogP contribution in [0.15, 0.2) is 12.5 Å². The molecule has 50 heavy (non-hydrogen) atoms. The van der Waals surface area contributed by atoms with Gasteiger partial charge >= 0.3 is 5.97 Å². The summed E-state index contributed by atoms with van der Waals surface area (Å²) < 4.78 is 0. The van der Waals surface area contributed by atoms with Crippen molar-refractivity contribution in [2.24, 2.45) is 23.5 Å². The van der Waals surface area contributed by atoms with Crippen LogP contribution in [-0.4, -0.2) is 110 Å². The summed E-state index contributed by atoms with van der Waals surface area (Å²) in [7, 11) is 0. The molecule has 0 spiro atoms. The Morgan fingerprint density at radius 3 is 1.52 bits per heavy atom. The average Bonchev–Trinajstić information content (AvgIpc) is 3.53. The van der Waals surface area contributed by atoms with Gasteiger partial charge in [0.25, 0.3) is 0 Å². The minimum Gasteiger partial charge on any atom is -0.481 e. The van der Waals surface area contributed by atoms with Gasteiger partial charge in [-0.2, -0.15) is 0 Å². The second-order valence-corrected chi connectivity index (χ2v) is 12.9. The van der Waals surface area contributed by atoms with Gasteiger partial charge in [-0.1, -0.05) is 41.5 Å². The Hall–Kier alpha value is -5.07. The molecule has 11 N–H and O–H groups in total. The van der Waals surface area contributed by atoms with E-state index < -0.39 is 115 Å². The van der Waals surface area contributed by atoms with Crippen LogP contribution in [0.2, 0.25) is 0 Å². The van der Waals surface area contributed by atoms with Crippen LogP contribution in [0.4, 0.5) is 0 Å². The smallest absolute Gasteiger partial charge is 0.303 e. The van der Waals surface area contributed by atoms with Crippen molar-refractivity contribution in [2.45, 2.75) is 104 Å². The molecule has 0 saturated heterocycles. The zero-order valence-corrected chi connectivity index (χ0v) is 29.4. The fourth-order valence-corrected chi connectivity index (χ4v) is 4.68. The Kier molecular flexibility index (Phi) is 17.6. The van der Waals surface area contributed by atoms with E-state index in [0.717, 1.165) is 0 Å². The average molecular weight is 710 g/mol.